The van der Waals surface area contributed by atoms with Gasteiger partial charge in [0, 0.05) is 11.3 Å². The average molecular weight is 278 g/mol. The number of nitrogens with zero attached hydrogens (tertiary/aromatic N) is 2. The number of likely N-dealkylation sites (N-methyl/N-ethyl adjacent to an activating group) is 1. The lowest BCUT2D eigenvalue weighted by molar-refractivity contribution is -0.880. The summed E-state index contributed by atoms with van der Waals surface area (Å²) in [5.41, 5.74) is 10.2. The van der Waals surface area contributed by atoms with Crippen molar-refractivity contribution in [3.63, 3.8) is 0 Å². The van der Waals surface area contributed by atoms with Gasteiger partial charge in [0.1, 0.15) is 0 Å². The Kier molecular flexibility index (Phi) is 4.70. The van der Waals surface area contributed by atoms with E-state index in [0.717, 1.165) is 31.7 Å². The van der Waals surface area contributed by atoms with Crippen molar-refractivity contribution >= 4 is 29.2 Å². The molecule has 6 heteroatoms. The number of nitrogens with one attached hydrogen (secondary N) is 2. The predicted octanol–water partition coefficient (Wildman–Crippen LogP) is -0.812. The zero-order valence-electron chi connectivity index (χ0n) is 11.1. The number of thiocarbonyl (C=S) groups is 1. The summed E-state index contributed by atoms with van der Waals surface area (Å²) >= 11 is 4.72. The van der Waals surface area contributed by atoms with E-state index in [1.165, 1.54) is 5.69 Å². The number of benzene rings is 1. The lowest BCUT2D eigenvalue weighted by atomic mass is 10.1. The summed E-state index contributed by atoms with van der Waals surface area (Å²) in [5.74, 6) is 0. The zero-order chi connectivity index (χ0) is 13.7. The van der Waals surface area contributed by atoms with E-state index in [-0.39, 0.29) is 5.11 Å². The van der Waals surface area contributed by atoms with Gasteiger partial charge in [0.15, 0.2) is 5.11 Å². The number of anilines is 1. The van der Waals surface area contributed by atoms with Crippen molar-refractivity contribution in [3.8, 4) is 0 Å². The van der Waals surface area contributed by atoms with E-state index < -0.39 is 0 Å². The van der Waals surface area contributed by atoms with Crippen molar-refractivity contribution in [1.82, 2.24) is 5.43 Å². The first-order chi connectivity index (χ1) is 9.16. The number of para-hydroxylation sites is 1. The van der Waals surface area contributed by atoms with Gasteiger partial charge in [-0.3, -0.25) is 5.43 Å². The van der Waals surface area contributed by atoms with Gasteiger partial charge in [-0.15, -0.1) is 0 Å². The van der Waals surface area contributed by atoms with Crippen molar-refractivity contribution in [2.75, 3.05) is 38.1 Å². The second-order valence-electron chi connectivity index (χ2n) is 4.74. The Hall–Kier alpha value is -1.66. The summed E-state index contributed by atoms with van der Waals surface area (Å²) in [6, 6.07) is 8.24. The number of piperazine rings is 1. The molecule has 1 aliphatic rings. The lowest BCUT2D eigenvalue weighted by Gasteiger charge is -2.32. The van der Waals surface area contributed by atoms with Gasteiger partial charge in [0.25, 0.3) is 0 Å². The topological polar surface area (TPSA) is 58.1 Å². The Bertz CT molecular complexity index is 466. The highest BCUT2D eigenvalue weighted by Gasteiger charge is 2.18. The maximum Gasteiger partial charge on any atom is 0.184 e. The highest BCUT2D eigenvalue weighted by atomic mass is 32.1. The second kappa shape index (κ2) is 6.49. The van der Waals surface area contributed by atoms with Crippen LogP contribution in [-0.4, -0.2) is 44.6 Å². The van der Waals surface area contributed by atoms with Gasteiger partial charge in [-0.1, -0.05) is 18.2 Å². The molecule has 0 unspecified atom stereocenters. The van der Waals surface area contributed by atoms with Crippen LogP contribution >= 0.6 is 12.2 Å². The Balaban J connectivity index is 2.12. The van der Waals surface area contributed by atoms with Gasteiger partial charge >= 0.3 is 0 Å². The van der Waals surface area contributed by atoms with E-state index in [0.29, 0.717) is 0 Å². The molecule has 5 nitrogen and oxygen atoms in total. The number of nitrogens with two attached hydrogens (primary N) is 1. The molecule has 1 aromatic carbocycles. The van der Waals surface area contributed by atoms with Crippen LogP contribution in [0.1, 0.15) is 5.56 Å². The Morgan fingerprint density at radius 2 is 2.11 bits per heavy atom. The van der Waals surface area contributed by atoms with Crippen LogP contribution in [0.4, 0.5) is 5.69 Å². The largest absolute Gasteiger partial charge is 0.375 e. The van der Waals surface area contributed by atoms with Crippen molar-refractivity contribution in [3.05, 3.63) is 29.8 Å². The fourth-order valence-corrected chi connectivity index (χ4v) is 2.23. The highest BCUT2D eigenvalue weighted by molar-refractivity contribution is 7.80. The van der Waals surface area contributed by atoms with Crippen LogP contribution in [-0.2, 0) is 0 Å². The lowest BCUT2D eigenvalue weighted by Crippen LogP contribution is -3.12. The van der Waals surface area contributed by atoms with Gasteiger partial charge in [0.2, 0.25) is 0 Å². The number of hydrogen-bond donors (Lipinski definition) is 3. The highest BCUT2D eigenvalue weighted by Crippen LogP contribution is 2.18. The van der Waals surface area contributed by atoms with E-state index in [2.05, 4.69) is 34.6 Å². The van der Waals surface area contributed by atoms with Gasteiger partial charge in [0.05, 0.1) is 39.4 Å². The van der Waals surface area contributed by atoms with E-state index in [9.17, 15) is 0 Å². The first kappa shape index (κ1) is 13.8. The fraction of sp³-hybridized carbons (Fsp3) is 0.385. The molecule has 1 saturated heterocycles. The van der Waals surface area contributed by atoms with Gasteiger partial charge in [-0.25, -0.2) is 0 Å². The summed E-state index contributed by atoms with van der Waals surface area (Å²) in [6.45, 7) is 4.46. The average Bonchev–Trinajstić information content (AvgIpc) is 2.40. The third-order valence-electron chi connectivity index (χ3n) is 3.27. The van der Waals surface area contributed by atoms with E-state index in [4.69, 9.17) is 18.0 Å². The third-order valence-corrected chi connectivity index (χ3v) is 3.36. The summed E-state index contributed by atoms with van der Waals surface area (Å²) in [6.07, 6.45) is 1.76. The maximum atomic E-state index is 5.35. The van der Waals surface area contributed by atoms with Crippen LogP contribution in [0.5, 0.6) is 0 Å². The monoisotopic (exact) mass is 278 g/mol. The molecular formula is C13H20N5S+. The van der Waals surface area contributed by atoms with Crippen molar-refractivity contribution < 1.29 is 4.90 Å². The Labute approximate surface area is 119 Å². The minimum atomic E-state index is 0.178. The van der Waals surface area contributed by atoms with Gasteiger partial charge in [-0.05, 0) is 18.3 Å². The molecule has 102 valence electrons. The van der Waals surface area contributed by atoms with E-state index in [1.807, 2.05) is 12.1 Å². The zero-order valence-corrected chi connectivity index (χ0v) is 11.9. The van der Waals surface area contributed by atoms with Crippen LogP contribution in [0, 0.1) is 0 Å². The molecule has 1 heterocycles. The quantitative estimate of drug-likeness (QED) is 0.384. The number of hydrogen-bond acceptors (Lipinski definition) is 3. The van der Waals surface area contributed by atoms with Gasteiger partial charge < -0.3 is 15.5 Å². The van der Waals surface area contributed by atoms with Crippen LogP contribution < -0.4 is 21.0 Å². The maximum absolute atomic E-state index is 5.35. The van der Waals surface area contributed by atoms with Crippen LogP contribution in [0.3, 0.4) is 0 Å². The summed E-state index contributed by atoms with van der Waals surface area (Å²) < 4.78 is 0. The smallest absolute Gasteiger partial charge is 0.184 e. The number of quaternary nitrogens is 1. The molecule has 2 rings (SSSR count). The second-order valence-corrected chi connectivity index (χ2v) is 5.18. The molecule has 0 aliphatic carbocycles. The number of rotatable bonds is 3. The molecule has 0 radical (unpaired) electrons. The van der Waals surface area contributed by atoms with Crippen LogP contribution in [0.2, 0.25) is 0 Å². The third kappa shape index (κ3) is 3.90. The Morgan fingerprint density at radius 1 is 1.42 bits per heavy atom. The van der Waals surface area contributed by atoms with Crippen LogP contribution in [0.25, 0.3) is 0 Å². The molecule has 19 heavy (non-hydrogen) atoms. The summed E-state index contributed by atoms with van der Waals surface area (Å²) in [5, 5.41) is 4.22. The van der Waals surface area contributed by atoms with E-state index >= 15 is 0 Å². The SMILES string of the molecule is C[NH+]1CCN(c2ccccc2C=NNC(N)=S)CC1. The van der Waals surface area contributed by atoms with Crippen molar-refractivity contribution in [1.29, 1.82) is 0 Å². The van der Waals surface area contributed by atoms with Crippen molar-refractivity contribution in [2.24, 2.45) is 10.8 Å². The predicted molar refractivity (Wildman–Crippen MR) is 82.8 cm³/mol. The van der Waals surface area contributed by atoms with Crippen molar-refractivity contribution in [2.45, 2.75) is 0 Å². The minimum absolute atomic E-state index is 0.178. The molecule has 1 fully saturated rings. The first-order valence-corrected chi connectivity index (χ1v) is 6.81. The van der Waals surface area contributed by atoms with Crippen LogP contribution in [0.15, 0.2) is 29.4 Å². The molecular weight excluding hydrogens is 258 g/mol. The molecule has 1 aromatic rings. The normalized spacial score (nSPS) is 16.8. The molecule has 0 spiro atoms. The molecule has 1 aliphatic heterocycles. The molecule has 0 saturated carbocycles. The fourth-order valence-electron chi connectivity index (χ4n) is 2.18. The molecule has 0 amide bonds. The van der Waals surface area contributed by atoms with E-state index in [1.54, 1.807) is 11.1 Å². The first-order valence-electron chi connectivity index (χ1n) is 6.40. The minimum Gasteiger partial charge on any atom is -0.375 e. The number of hydrazone groups is 1. The molecule has 0 bridgehead atoms. The van der Waals surface area contributed by atoms with Gasteiger partial charge in [-0.2, -0.15) is 5.10 Å². The molecule has 0 aromatic heterocycles. The summed E-state index contributed by atoms with van der Waals surface area (Å²) in [4.78, 5) is 3.98. The molecule has 0 atom stereocenters. The Morgan fingerprint density at radius 3 is 2.79 bits per heavy atom. The summed E-state index contributed by atoms with van der Waals surface area (Å²) in [7, 11) is 2.23. The molecule has 4 N–H and O–H groups in total. The standard InChI is InChI=1S/C13H19N5S/c1-17-6-8-18(9-7-17)12-5-3-2-4-11(12)10-15-16-13(14)19/h2-5,10H,6-9H2,1H3,(H3,14,16,19)/p+1.